The van der Waals surface area contributed by atoms with Crippen molar-refractivity contribution in [2.45, 2.75) is 6.92 Å². The van der Waals surface area contributed by atoms with E-state index in [1.165, 1.54) is 11.1 Å². The SMILES string of the molecule is CCOc1[nH]n2ccnc2c1N(N)c1cc2c(cc1C(=O)O)[nH]c1ccnn12. The highest BCUT2D eigenvalue weighted by molar-refractivity contribution is 6.02. The van der Waals surface area contributed by atoms with Crippen molar-refractivity contribution in [1.82, 2.24) is 29.2 Å². The van der Waals surface area contributed by atoms with Crippen LogP contribution < -0.4 is 15.6 Å². The number of fused-ring (bicyclic) bond motifs is 4. The number of anilines is 2. The average molecular weight is 380 g/mol. The summed E-state index contributed by atoms with van der Waals surface area (Å²) in [6, 6.07) is 5.02. The number of imidazole rings is 2. The van der Waals surface area contributed by atoms with E-state index in [0.717, 1.165) is 5.65 Å². The van der Waals surface area contributed by atoms with Crippen molar-refractivity contribution >= 4 is 39.7 Å². The van der Waals surface area contributed by atoms with Crippen LogP contribution in [0.1, 0.15) is 17.3 Å². The van der Waals surface area contributed by atoms with Crippen LogP contribution in [0.4, 0.5) is 11.4 Å². The van der Waals surface area contributed by atoms with Crippen LogP contribution in [0.2, 0.25) is 0 Å². The van der Waals surface area contributed by atoms with E-state index >= 15 is 0 Å². The number of aromatic nitrogens is 6. The molecule has 4 aromatic heterocycles. The van der Waals surface area contributed by atoms with E-state index in [9.17, 15) is 9.90 Å². The maximum absolute atomic E-state index is 11.9. The first-order valence-electron chi connectivity index (χ1n) is 8.54. The zero-order chi connectivity index (χ0) is 19.4. The Kier molecular flexibility index (Phi) is 3.33. The normalized spacial score (nSPS) is 11.6. The molecule has 0 aliphatic carbocycles. The number of H-pyrrole nitrogens is 2. The molecule has 0 saturated carbocycles. The fourth-order valence-corrected chi connectivity index (χ4v) is 3.37. The fourth-order valence-electron chi connectivity index (χ4n) is 3.37. The average Bonchev–Trinajstić information content (AvgIpc) is 3.40. The van der Waals surface area contributed by atoms with Gasteiger partial charge in [0.25, 0.3) is 0 Å². The molecular formula is C17H16N8O3. The van der Waals surface area contributed by atoms with Gasteiger partial charge in [0.2, 0.25) is 5.88 Å². The summed E-state index contributed by atoms with van der Waals surface area (Å²) in [5, 5.41) is 18.3. The molecule has 5 N–H and O–H groups in total. The first-order valence-corrected chi connectivity index (χ1v) is 8.54. The number of carboxylic acids is 1. The molecule has 0 spiro atoms. The molecule has 0 aliphatic heterocycles. The number of aromatic amines is 2. The minimum absolute atomic E-state index is 0.0351. The maximum atomic E-state index is 11.9. The topological polar surface area (TPSA) is 142 Å². The number of hydrogen-bond acceptors (Lipinski definition) is 6. The smallest absolute Gasteiger partial charge is 0.337 e. The summed E-state index contributed by atoms with van der Waals surface area (Å²) in [5.41, 5.74) is 3.35. The van der Waals surface area contributed by atoms with Crippen LogP contribution in [-0.4, -0.2) is 46.9 Å². The number of nitrogens with one attached hydrogen (secondary N) is 2. The minimum Gasteiger partial charge on any atom is -0.478 e. The zero-order valence-corrected chi connectivity index (χ0v) is 14.7. The van der Waals surface area contributed by atoms with Crippen molar-refractivity contribution in [2.75, 3.05) is 11.6 Å². The zero-order valence-electron chi connectivity index (χ0n) is 14.7. The number of benzene rings is 1. The quantitative estimate of drug-likeness (QED) is 0.269. The van der Waals surface area contributed by atoms with Gasteiger partial charge in [0.15, 0.2) is 11.3 Å². The van der Waals surface area contributed by atoms with Crippen molar-refractivity contribution in [3.63, 3.8) is 0 Å². The van der Waals surface area contributed by atoms with Crippen molar-refractivity contribution in [3.05, 3.63) is 42.4 Å². The van der Waals surface area contributed by atoms with Crippen LogP contribution in [-0.2, 0) is 0 Å². The van der Waals surface area contributed by atoms with E-state index in [1.54, 1.807) is 39.8 Å². The molecule has 0 aliphatic rings. The Bertz CT molecular complexity index is 1340. The Hall–Kier alpha value is -3.99. The number of nitrogens with zero attached hydrogens (tertiary/aromatic N) is 5. The molecule has 11 nitrogen and oxygen atoms in total. The molecule has 28 heavy (non-hydrogen) atoms. The molecule has 4 heterocycles. The molecule has 0 saturated heterocycles. The van der Waals surface area contributed by atoms with Gasteiger partial charge in [-0.2, -0.15) is 5.10 Å². The molecule has 0 fully saturated rings. The van der Waals surface area contributed by atoms with Gasteiger partial charge < -0.3 is 14.8 Å². The van der Waals surface area contributed by atoms with Crippen molar-refractivity contribution in [1.29, 1.82) is 0 Å². The lowest BCUT2D eigenvalue weighted by molar-refractivity contribution is 0.0697. The number of aromatic carboxylic acids is 1. The molecule has 142 valence electrons. The third-order valence-electron chi connectivity index (χ3n) is 4.56. The van der Waals surface area contributed by atoms with Gasteiger partial charge in [-0.15, -0.1) is 0 Å². The van der Waals surface area contributed by atoms with Gasteiger partial charge in [0.1, 0.15) is 5.65 Å². The van der Waals surface area contributed by atoms with Crippen LogP contribution >= 0.6 is 0 Å². The third kappa shape index (κ3) is 2.16. The summed E-state index contributed by atoms with van der Waals surface area (Å²) in [4.78, 5) is 19.4. The standard InChI is InChI=1S/C17H16N8O3/c1-2-28-16-14(15-19-5-6-23(15)22-16)24(18)11-8-12-10(7-9(11)17(26)27)21-13-3-4-20-25(12)13/h3-8,21-22H,2,18H2,1H3,(H,26,27). The lowest BCUT2D eigenvalue weighted by Crippen LogP contribution is -2.27. The van der Waals surface area contributed by atoms with Crippen molar-refractivity contribution in [3.8, 4) is 5.88 Å². The van der Waals surface area contributed by atoms with Crippen molar-refractivity contribution in [2.24, 2.45) is 5.84 Å². The van der Waals surface area contributed by atoms with Gasteiger partial charge >= 0.3 is 5.97 Å². The second-order valence-electron chi connectivity index (χ2n) is 6.16. The second-order valence-corrected chi connectivity index (χ2v) is 6.16. The Morgan fingerprint density at radius 2 is 2.25 bits per heavy atom. The fraction of sp³-hybridized carbons (Fsp3) is 0.118. The van der Waals surface area contributed by atoms with Gasteiger partial charge in [-0.25, -0.2) is 24.7 Å². The number of ether oxygens (including phenoxy) is 1. The maximum Gasteiger partial charge on any atom is 0.337 e. The molecule has 0 atom stereocenters. The van der Waals surface area contributed by atoms with E-state index in [4.69, 9.17) is 10.6 Å². The van der Waals surface area contributed by atoms with Gasteiger partial charge in [0, 0.05) is 18.5 Å². The van der Waals surface area contributed by atoms with E-state index in [0.29, 0.717) is 34.9 Å². The minimum atomic E-state index is -1.10. The van der Waals surface area contributed by atoms with E-state index in [-0.39, 0.29) is 11.3 Å². The molecule has 5 aromatic rings. The first kappa shape index (κ1) is 16.2. The number of carbonyl (C=O) groups is 1. The predicted molar refractivity (Wildman–Crippen MR) is 101 cm³/mol. The van der Waals surface area contributed by atoms with Gasteiger partial charge in [-0.1, -0.05) is 0 Å². The third-order valence-corrected chi connectivity index (χ3v) is 4.56. The molecule has 0 radical (unpaired) electrons. The molecule has 0 unspecified atom stereocenters. The number of nitrogens with two attached hydrogens (primary N) is 1. The van der Waals surface area contributed by atoms with Gasteiger partial charge in [-0.05, 0) is 19.1 Å². The Labute approximate surface area is 156 Å². The molecule has 0 amide bonds. The van der Waals surface area contributed by atoms with Crippen LogP contribution in [0.3, 0.4) is 0 Å². The summed E-state index contributed by atoms with van der Waals surface area (Å²) >= 11 is 0. The molecule has 0 bridgehead atoms. The molecule has 5 rings (SSSR count). The number of hydrogen-bond donors (Lipinski definition) is 4. The number of carboxylic acid groups (broad SMARTS) is 1. The highest BCUT2D eigenvalue weighted by Gasteiger charge is 2.25. The van der Waals surface area contributed by atoms with Crippen LogP contribution in [0.25, 0.3) is 22.3 Å². The monoisotopic (exact) mass is 380 g/mol. The Morgan fingerprint density at radius 3 is 3.04 bits per heavy atom. The summed E-state index contributed by atoms with van der Waals surface area (Å²) < 4.78 is 8.98. The highest BCUT2D eigenvalue weighted by atomic mass is 16.5. The Morgan fingerprint density at radius 1 is 1.39 bits per heavy atom. The molecular weight excluding hydrogens is 364 g/mol. The Balaban J connectivity index is 1.77. The molecule has 1 aromatic carbocycles. The highest BCUT2D eigenvalue weighted by Crippen LogP contribution is 2.37. The largest absolute Gasteiger partial charge is 0.478 e. The number of rotatable bonds is 5. The van der Waals surface area contributed by atoms with Crippen molar-refractivity contribution < 1.29 is 14.6 Å². The van der Waals surface area contributed by atoms with E-state index in [2.05, 4.69) is 20.2 Å². The summed E-state index contributed by atoms with van der Waals surface area (Å²) in [6.45, 7) is 2.25. The summed E-state index contributed by atoms with van der Waals surface area (Å²) in [6.07, 6.45) is 4.99. The van der Waals surface area contributed by atoms with Gasteiger partial charge in [0.05, 0.1) is 35.1 Å². The lowest BCUT2D eigenvalue weighted by Gasteiger charge is -2.20. The first-order chi connectivity index (χ1) is 13.6. The predicted octanol–water partition coefficient (Wildman–Crippen LogP) is 1.90. The summed E-state index contributed by atoms with van der Waals surface area (Å²) in [7, 11) is 0. The number of hydrazine groups is 1. The van der Waals surface area contributed by atoms with Crippen LogP contribution in [0, 0.1) is 0 Å². The van der Waals surface area contributed by atoms with Crippen LogP contribution in [0.15, 0.2) is 36.8 Å². The molecule has 11 heteroatoms. The van der Waals surface area contributed by atoms with E-state index < -0.39 is 5.97 Å². The lowest BCUT2D eigenvalue weighted by atomic mass is 10.1. The van der Waals surface area contributed by atoms with Gasteiger partial charge in [-0.3, -0.25) is 10.1 Å². The van der Waals surface area contributed by atoms with E-state index in [1.807, 2.05) is 6.92 Å². The summed E-state index contributed by atoms with van der Waals surface area (Å²) in [5.74, 6) is 5.70. The van der Waals surface area contributed by atoms with Crippen LogP contribution in [0.5, 0.6) is 5.88 Å². The second kappa shape index (κ2) is 5.76.